The van der Waals surface area contributed by atoms with E-state index >= 15 is 0 Å². The van der Waals surface area contributed by atoms with E-state index in [1.807, 2.05) is 35.2 Å². The fourth-order valence-corrected chi connectivity index (χ4v) is 2.50. The van der Waals surface area contributed by atoms with Gasteiger partial charge < -0.3 is 4.90 Å². The molecule has 19 heavy (non-hydrogen) atoms. The van der Waals surface area contributed by atoms with Crippen LogP contribution in [-0.4, -0.2) is 5.91 Å². The number of rotatable bonds is 2. The molecule has 1 aliphatic heterocycles. The molecule has 0 aromatic heterocycles. The molecule has 1 amide bonds. The quantitative estimate of drug-likeness (QED) is 0.796. The van der Waals surface area contributed by atoms with Gasteiger partial charge >= 0.3 is 0 Å². The third-order valence-electron chi connectivity index (χ3n) is 3.73. The maximum Gasteiger partial charge on any atom is 0.258 e. The van der Waals surface area contributed by atoms with Crippen LogP contribution in [0.4, 0.5) is 5.69 Å². The monoisotopic (exact) mass is 251 g/mol. The molecule has 2 heteroatoms. The number of benzene rings is 2. The van der Waals surface area contributed by atoms with Crippen molar-refractivity contribution in [2.75, 3.05) is 4.90 Å². The Morgan fingerprint density at radius 1 is 1.11 bits per heavy atom. The lowest BCUT2D eigenvalue weighted by atomic mass is 10.0. The van der Waals surface area contributed by atoms with E-state index < -0.39 is 0 Å². The molecule has 0 fully saturated rings. The summed E-state index contributed by atoms with van der Waals surface area (Å²) in [5, 5.41) is 0. The van der Waals surface area contributed by atoms with Gasteiger partial charge in [0, 0.05) is 11.3 Å². The zero-order valence-corrected chi connectivity index (χ0v) is 11.3. The molecule has 0 unspecified atom stereocenters. The largest absolute Gasteiger partial charge is 0.304 e. The van der Waals surface area contributed by atoms with Crippen molar-refractivity contribution < 1.29 is 4.79 Å². The molecular weight excluding hydrogens is 234 g/mol. The van der Waals surface area contributed by atoms with Crippen molar-refractivity contribution in [1.29, 1.82) is 0 Å². The van der Waals surface area contributed by atoms with Gasteiger partial charge in [0.1, 0.15) is 0 Å². The number of fused-ring (bicyclic) bond motifs is 1. The van der Waals surface area contributed by atoms with Crippen LogP contribution in [0, 0.1) is 6.92 Å². The Labute approximate surface area is 113 Å². The van der Waals surface area contributed by atoms with Crippen LogP contribution < -0.4 is 4.90 Å². The van der Waals surface area contributed by atoms with Crippen LogP contribution >= 0.6 is 0 Å². The van der Waals surface area contributed by atoms with E-state index in [4.69, 9.17) is 0 Å². The second kappa shape index (κ2) is 4.54. The maximum absolute atomic E-state index is 12.5. The molecule has 2 aromatic rings. The first-order chi connectivity index (χ1) is 9.19. The smallest absolute Gasteiger partial charge is 0.258 e. The SMILES string of the molecule is CCc1ccc2c(c1)C(=O)N(c1ccc(C)cc1)C2. The molecule has 2 aromatic carbocycles. The molecule has 0 radical (unpaired) electrons. The van der Waals surface area contributed by atoms with Gasteiger partial charge in [-0.15, -0.1) is 0 Å². The van der Waals surface area contributed by atoms with Crippen molar-refractivity contribution >= 4 is 11.6 Å². The molecule has 0 bridgehead atoms. The Hall–Kier alpha value is -2.09. The molecule has 96 valence electrons. The van der Waals surface area contributed by atoms with Gasteiger partial charge in [0.15, 0.2) is 0 Å². The molecule has 3 rings (SSSR count). The summed E-state index contributed by atoms with van der Waals surface area (Å²) < 4.78 is 0. The fourth-order valence-electron chi connectivity index (χ4n) is 2.50. The third kappa shape index (κ3) is 2.03. The van der Waals surface area contributed by atoms with E-state index in [0.29, 0.717) is 6.54 Å². The summed E-state index contributed by atoms with van der Waals surface area (Å²) in [6.45, 7) is 4.85. The number of hydrogen-bond acceptors (Lipinski definition) is 1. The van der Waals surface area contributed by atoms with E-state index in [9.17, 15) is 4.79 Å². The molecular formula is C17H17NO. The Balaban J connectivity index is 1.97. The van der Waals surface area contributed by atoms with E-state index in [-0.39, 0.29) is 5.91 Å². The highest BCUT2D eigenvalue weighted by Crippen LogP contribution is 2.29. The molecule has 0 atom stereocenters. The van der Waals surface area contributed by atoms with E-state index in [2.05, 4.69) is 26.0 Å². The Morgan fingerprint density at radius 3 is 2.53 bits per heavy atom. The van der Waals surface area contributed by atoms with E-state index in [1.165, 1.54) is 11.1 Å². The Kier molecular flexibility index (Phi) is 2.86. The summed E-state index contributed by atoms with van der Waals surface area (Å²) in [6.07, 6.45) is 0.963. The van der Waals surface area contributed by atoms with Gasteiger partial charge in [0.25, 0.3) is 5.91 Å². The average Bonchev–Trinajstić information content (AvgIpc) is 2.76. The number of carbonyl (C=O) groups excluding carboxylic acids is 1. The zero-order chi connectivity index (χ0) is 13.4. The molecule has 0 saturated heterocycles. The Morgan fingerprint density at radius 2 is 1.84 bits per heavy atom. The van der Waals surface area contributed by atoms with Crippen LogP contribution in [0.1, 0.15) is 34.0 Å². The highest BCUT2D eigenvalue weighted by Gasteiger charge is 2.28. The number of hydrogen-bond donors (Lipinski definition) is 0. The lowest BCUT2D eigenvalue weighted by molar-refractivity contribution is 0.0996. The van der Waals surface area contributed by atoms with Crippen LogP contribution in [-0.2, 0) is 13.0 Å². The van der Waals surface area contributed by atoms with Crippen LogP contribution in [0.5, 0.6) is 0 Å². The molecule has 1 heterocycles. The van der Waals surface area contributed by atoms with Gasteiger partial charge in [0.05, 0.1) is 6.54 Å². The number of anilines is 1. The Bertz CT molecular complexity index is 628. The second-order valence-electron chi connectivity index (χ2n) is 5.07. The topological polar surface area (TPSA) is 20.3 Å². The maximum atomic E-state index is 12.5. The number of carbonyl (C=O) groups is 1. The van der Waals surface area contributed by atoms with Crippen molar-refractivity contribution in [2.45, 2.75) is 26.8 Å². The van der Waals surface area contributed by atoms with Gasteiger partial charge in [-0.25, -0.2) is 0 Å². The molecule has 0 spiro atoms. The van der Waals surface area contributed by atoms with Gasteiger partial charge in [-0.3, -0.25) is 4.79 Å². The minimum atomic E-state index is 0.120. The van der Waals surface area contributed by atoms with Gasteiger partial charge in [-0.2, -0.15) is 0 Å². The first-order valence-corrected chi connectivity index (χ1v) is 6.69. The van der Waals surface area contributed by atoms with Gasteiger partial charge in [0.2, 0.25) is 0 Å². The number of aryl methyl sites for hydroxylation is 2. The molecule has 1 aliphatic rings. The average molecular weight is 251 g/mol. The zero-order valence-electron chi connectivity index (χ0n) is 11.3. The summed E-state index contributed by atoms with van der Waals surface area (Å²) in [6, 6.07) is 14.3. The lowest BCUT2D eigenvalue weighted by Crippen LogP contribution is -2.22. The summed E-state index contributed by atoms with van der Waals surface area (Å²) in [5.74, 6) is 0.120. The second-order valence-corrected chi connectivity index (χ2v) is 5.07. The van der Waals surface area contributed by atoms with Crippen molar-refractivity contribution in [2.24, 2.45) is 0 Å². The molecule has 2 nitrogen and oxygen atoms in total. The van der Waals surface area contributed by atoms with Crippen molar-refractivity contribution in [1.82, 2.24) is 0 Å². The van der Waals surface area contributed by atoms with Gasteiger partial charge in [-0.1, -0.05) is 36.8 Å². The third-order valence-corrected chi connectivity index (χ3v) is 3.73. The van der Waals surface area contributed by atoms with Crippen LogP contribution in [0.2, 0.25) is 0 Å². The summed E-state index contributed by atoms with van der Waals surface area (Å²) in [4.78, 5) is 14.3. The standard InChI is InChI=1S/C17H17NO/c1-3-13-6-7-14-11-18(17(19)16(14)10-13)15-8-4-12(2)5-9-15/h4-10H,3,11H2,1-2H3. The van der Waals surface area contributed by atoms with Crippen LogP contribution in [0.15, 0.2) is 42.5 Å². The minimum Gasteiger partial charge on any atom is -0.304 e. The predicted molar refractivity (Wildman–Crippen MR) is 77.5 cm³/mol. The fraction of sp³-hybridized carbons (Fsp3) is 0.235. The number of nitrogens with zero attached hydrogens (tertiary/aromatic N) is 1. The first-order valence-electron chi connectivity index (χ1n) is 6.69. The van der Waals surface area contributed by atoms with Crippen LogP contribution in [0.25, 0.3) is 0 Å². The highest BCUT2D eigenvalue weighted by atomic mass is 16.2. The number of amides is 1. The van der Waals surface area contributed by atoms with Gasteiger partial charge in [-0.05, 0) is 42.7 Å². The normalized spacial score (nSPS) is 13.8. The summed E-state index contributed by atoms with van der Waals surface area (Å²) in [7, 11) is 0. The molecule has 0 saturated carbocycles. The first kappa shape index (κ1) is 12.0. The van der Waals surface area contributed by atoms with E-state index in [0.717, 1.165) is 23.2 Å². The highest BCUT2D eigenvalue weighted by molar-refractivity contribution is 6.10. The van der Waals surface area contributed by atoms with E-state index in [1.54, 1.807) is 0 Å². The minimum absolute atomic E-state index is 0.120. The van der Waals surface area contributed by atoms with Crippen LogP contribution in [0.3, 0.4) is 0 Å². The lowest BCUT2D eigenvalue weighted by Gasteiger charge is -2.15. The predicted octanol–water partition coefficient (Wildman–Crippen LogP) is 3.72. The molecule has 0 N–H and O–H groups in total. The summed E-state index contributed by atoms with van der Waals surface area (Å²) in [5.41, 5.74) is 5.39. The van der Waals surface area contributed by atoms with Crippen molar-refractivity contribution in [3.05, 3.63) is 64.7 Å². The van der Waals surface area contributed by atoms with Crippen molar-refractivity contribution in [3.63, 3.8) is 0 Å². The summed E-state index contributed by atoms with van der Waals surface area (Å²) >= 11 is 0. The molecule has 0 aliphatic carbocycles. The van der Waals surface area contributed by atoms with Crippen molar-refractivity contribution in [3.8, 4) is 0 Å².